The van der Waals surface area contributed by atoms with E-state index in [-0.39, 0.29) is 36.6 Å². The van der Waals surface area contributed by atoms with Gasteiger partial charge in [-0.3, -0.25) is 19.3 Å². The fraction of sp³-hybridized carbons (Fsp3) is 0.409. The van der Waals surface area contributed by atoms with Gasteiger partial charge in [0.25, 0.3) is 11.8 Å². The summed E-state index contributed by atoms with van der Waals surface area (Å²) in [6.07, 6.45) is 3.72. The van der Waals surface area contributed by atoms with Crippen LogP contribution in [0.5, 0.6) is 0 Å². The molecule has 164 valence electrons. The van der Waals surface area contributed by atoms with Crippen molar-refractivity contribution in [3.63, 3.8) is 0 Å². The Morgan fingerprint density at radius 1 is 0.968 bits per heavy atom. The Hall–Kier alpha value is -2.94. The lowest BCUT2D eigenvalue weighted by atomic mass is 10.1. The fourth-order valence-electron chi connectivity index (χ4n) is 3.90. The van der Waals surface area contributed by atoms with Crippen LogP contribution in [0.2, 0.25) is 0 Å². The van der Waals surface area contributed by atoms with Crippen molar-refractivity contribution >= 4 is 27.6 Å². The SMILES string of the molecule is O=C(CCCCCN1C(=O)c2ccccc2C1=O)N1CC(S(=O)(=O)Cc2ccco2)C1. The first-order valence-electron chi connectivity index (χ1n) is 10.3. The number of nitrogens with zero attached hydrogens (tertiary/aromatic N) is 2. The second-order valence-corrected chi connectivity index (χ2v) is 10.2. The maximum absolute atomic E-state index is 12.4. The summed E-state index contributed by atoms with van der Waals surface area (Å²) in [5.74, 6) is -0.337. The highest BCUT2D eigenvalue weighted by molar-refractivity contribution is 7.91. The van der Waals surface area contributed by atoms with Crippen LogP contribution in [0, 0.1) is 0 Å². The van der Waals surface area contributed by atoms with E-state index >= 15 is 0 Å². The minimum atomic E-state index is -3.34. The number of unbranched alkanes of at least 4 members (excludes halogenated alkanes) is 2. The Morgan fingerprint density at radius 2 is 1.65 bits per heavy atom. The molecule has 3 amide bonds. The van der Waals surface area contributed by atoms with E-state index in [1.54, 1.807) is 41.3 Å². The average molecular weight is 445 g/mol. The lowest BCUT2D eigenvalue weighted by Gasteiger charge is -2.38. The van der Waals surface area contributed by atoms with Gasteiger partial charge in [-0.05, 0) is 37.1 Å². The van der Waals surface area contributed by atoms with Crippen molar-refractivity contribution in [2.75, 3.05) is 19.6 Å². The normalized spacial score (nSPS) is 16.5. The van der Waals surface area contributed by atoms with Crippen LogP contribution in [-0.2, 0) is 20.4 Å². The number of carbonyl (C=O) groups is 3. The topological polar surface area (TPSA) is 105 Å². The molecule has 8 nitrogen and oxygen atoms in total. The molecule has 1 fully saturated rings. The van der Waals surface area contributed by atoms with Crippen LogP contribution in [0.4, 0.5) is 0 Å². The number of likely N-dealkylation sites (tertiary alicyclic amines) is 1. The second kappa shape index (κ2) is 8.66. The summed E-state index contributed by atoms with van der Waals surface area (Å²) in [6, 6.07) is 10.1. The molecule has 1 aromatic heterocycles. The first-order valence-corrected chi connectivity index (χ1v) is 12.1. The summed E-state index contributed by atoms with van der Waals surface area (Å²) in [7, 11) is -3.34. The zero-order chi connectivity index (χ0) is 22.0. The summed E-state index contributed by atoms with van der Waals surface area (Å²) in [4.78, 5) is 39.7. The van der Waals surface area contributed by atoms with E-state index < -0.39 is 15.1 Å². The van der Waals surface area contributed by atoms with Crippen LogP contribution in [0.15, 0.2) is 47.1 Å². The largest absolute Gasteiger partial charge is 0.468 e. The van der Waals surface area contributed by atoms with Crippen molar-refractivity contribution in [3.05, 3.63) is 59.5 Å². The lowest BCUT2D eigenvalue weighted by molar-refractivity contribution is -0.134. The van der Waals surface area contributed by atoms with Crippen LogP contribution in [0.1, 0.15) is 52.2 Å². The van der Waals surface area contributed by atoms with Crippen LogP contribution in [0.3, 0.4) is 0 Å². The van der Waals surface area contributed by atoms with Crippen molar-refractivity contribution in [3.8, 4) is 0 Å². The molecule has 0 spiro atoms. The number of fused-ring (bicyclic) bond motifs is 1. The number of hydrogen-bond acceptors (Lipinski definition) is 6. The maximum Gasteiger partial charge on any atom is 0.261 e. The predicted octanol–water partition coefficient (Wildman–Crippen LogP) is 2.26. The molecule has 3 heterocycles. The zero-order valence-electron chi connectivity index (χ0n) is 17.0. The third kappa shape index (κ3) is 4.41. The minimum Gasteiger partial charge on any atom is -0.468 e. The molecule has 1 aromatic carbocycles. The van der Waals surface area contributed by atoms with E-state index in [4.69, 9.17) is 4.42 Å². The highest BCUT2D eigenvalue weighted by Gasteiger charge is 2.39. The minimum absolute atomic E-state index is 0.0646. The summed E-state index contributed by atoms with van der Waals surface area (Å²) in [5, 5.41) is -0.546. The van der Waals surface area contributed by atoms with Gasteiger partial charge in [-0.1, -0.05) is 18.6 Å². The van der Waals surface area contributed by atoms with Gasteiger partial charge in [-0.15, -0.1) is 0 Å². The van der Waals surface area contributed by atoms with Crippen molar-refractivity contribution < 1.29 is 27.2 Å². The second-order valence-electron chi connectivity index (χ2n) is 7.93. The van der Waals surface area contributed by atoms with Gasteiger partial charge in [-0.25, -0.2) is 8.42 Å². The first kappa shape index (κ1) is 21.3. The van der Waals surface area contributed by atoms with Gasteiger partial charge in [0.15, 0.2) is 9.84 Å². The molecule has 0 unspecified atom stereocenters. The molecule has 31 heavy (non-hydrogen) atoms. The number of sulfone groups is 1. The Kier molecular flexibility index (Phi) is 5.95. The third-order valence-corrected chi connectivity index (χ3v) is 7.78. The van der Waals surface area contributed by atoms with Crippen molar-refractivity contribution in [1.82, 2.24) is 9.80 Å². The molecule has 0 N–H and O–H groups in total. The van der Waals surface area contributed by atoms with Crippen molar-refractivity contribution in [1.29, 1.82) is 0 Å². The third-order valence-electron chi connectivity index (χ3n) is 5.78. The van der Waals surface area contributed by atoms with E-state index in [0.29, 0.717) is 49.1 Å². The molecule has 0 saturated carbocycles. The fourth-order valence-corrected chi connectivity index (χ4v) is 5.51. The molecule has 9 heteroatoms. The molecule has 2 aliphatic heterocycles. The lowest BCUT2D eigenvalue weighted by Crippen LogP contribution is -2.57. The van der Waals surface area contributed by atoms with Crippen LogP contribution < -0.4 is 0 Å². The smallest absolute Gasteiger partial charge is 0.261 e. The Labute approximate surface area is 180 Å². The quantitative estimate of drug-likeness (QED) is 0.434. The van der Waals surface area contributed by atoms with E-state index in [0.717, 1.165) is 0 Å². The standard InChI is InChI=1S/C22H24N2O6S/c25-20(23-13-17(14-23)31(28,29)15-16-7-6-12-30-16)10-2-1-5-11-24-21(26)18-8-3-4-9-19(18)22(24)27/h3-4,6-9,12,17H,1-2,5,10-11,13-15H2. The predicted molar refractivity (Wildman–Crippen MR) is 112 cm³/mol. The van der Waals surface area contributed by atoms with Gasteiger partial charge < -0.3 is 9.32 Å². The van der Waals surface area contributed by atoms with Crippen molar-refractivity contribution in [2.45, 2.75) is 36.7 Å². The summed E-state index contributed by atoms with van der Waals surface area (Å²) >= 11 is 0. The number of rotatable bonds is 9. The number of furan rings is 1. The summed E-state index contributed by atoms with van der Waals surface area (Å²) < 4.78 is 29.8. The molecule has 0 bridgehead atoms. The van der Waals surface area contributed by atoms with Crippen molar-refractivity contribution in [2.24, 2.45) is 0 Å². The van der Waals surface area contributed by atoms with Gasteiger partial charge in [0.2, 0.25) is 5.91 Å². The molecule has 4 rings (SSSR count). The molecular weight excluding hydrogens is 420 g/mol. The van der Waals surface area contributed by atoms with Crippen LogP contribution in [-0.4, -0.2) is 60.8 Å². The Morgan fingerprint density at radius 3 is 2.26 bits per heavy atom. The molecule has 0 aliphatic carbocycles. The van der Waals surface area contributed by atoms with Gasteiger partial charge in [0.1, 0.15) is 11.5 Å². The van der Waals surface area contributed by atoms with E-state index in [1.807, 2.05) is 0 Å². The molecule has 2 aliphatic rings. The van der Waals surface area contributed by atoms with Gasteiger partial charge >= 0.3 is 0 Å². The van der Waals surface area contributed by atoms with E-state index in [9.17, 15) is 22.8 Å². The number of benzene rings is 1. The monoisotopic (exact) mass is 444 g/mol. The number of imide groups is 1. The van der Waals surface area contributed by atoms with Crippen LogP contribution in [0.25, 0.3) is 0 Å². The maximum atomic E-state index is 12.4. The molecule has 0 atom stereocenters. The number of amides is 3. The molecule has 1 saturated heterocycles. The first-order chi connectivity index (χ1) is 14.9. The van der Waals surface area contributed by atoms with E-state index in [2.05, 4.69) is 0 Å². The average Bonchev–Trinajstić information content (AvgIpc) is 3.28. The summed E-state index contributed by atoms with van der Waals surface area (Å²) in [5.41, 5.74) is 0.883. The zero-order valence-corrected chi connectivity index (χ0v) is 17.8. The Bertz CT molecular complexity index is 1050. The molecular formula is C22H24N2O6S. The number of carbonyl (C=O) groups excluding carboxylic acids is 3. The van der Waals surface area contributed by atoms with E-state index in [1.165, 1.54) is 11.2 Å². The highest BCUT2D eigenvalue weighted by Crippen LogP contribution is 2.24. The van der Waals surface area contributed by atoms with Gasteiger partial charge in [0.05, 0.1) is 22.6 Å². The highest BCUT2D eigenvalue weighted by atomic mass is 32.2. The van der Waals surface area contributed by atoms with Gasteiger partial charge in [0, 0.05) is 26.1 Å². The van der Waals surface area contributed by atoms with Crippen LogP contribution >= 0.6 is 0 Å². The molecule has 2 aromatic rings. The summed E-state index contributed by atoms with van der Waals surface area (Å²) in [6.45, 7) is 0.769. The Balaban J connectivity index is 1.15. The number of hydrogen-bond donors (Lipinski definition) is 0. The van der Waals surface area contributed by atoms with Gasteiger partial charge in [-0.2, -0.15) is 0 Å². The molecule has 0 radical (unpaired) electrons.